The van der Waals surface area contributed by atoms with Gasteiger partial charge in [-0.25, -0.2) is 0 Å². The standard InChI is InChI=1S/C18H29BrN2/c1-3-16(20)11-15-9-10-18(17(19)12-15)21(2)13-14-7-5-4-6-8-14/h9-10,12,14,16H,3-8,11,13,20H2,1-2H3. The van der Waals surface area contributed by atoms with Gasteiger partial charge in [0.15, 0.2) is 0 Å². The monoisotopic (exact) mass is 352 g/mol. The lowest BCUT2D eigenvalue weighted by atomic mass is 9.89. The van der Waals surface area contributed by atoms with Crippen LogP contribution in [0.2, 0.25) is 0 Å². The number of rotatable bonds is 6. The van der Waals surface area contributed by atoms with Gasteiger partial charge in [0.25, 0.3) is 0 Å². The molecule has 0 spiro atoms. The summed E-state index contributed by atoms with van der Waals surface area (Å²) in [6, 6.07) is 6.97. The molecule has 1 fully saturated rings. The molecule has 0 amide bonds. The van der Waals surface area contributed by atoms with Gasteiger partial charge in [0.2, 0.25) is 0 Å². The zero-order chi connectivity index (χ0) is 15.2. The summed E-state index contributed by atoms with van der Waals surface area (Å²) in [7, 11) is 2.21. The first-order valence-electron chi connectivity index (χ1n) is 8.35. The highest BCUT2D eigenvalue weighted by Gasteiger charge is 2.17. The molecule has 1 atom stereocenters. The highest BCUT2D eigenvalue weighted by Crippen LogP contribution is 2.30. The van der Waals surface area contributed by atoms with E-state index >= 15 is 0 Å². The zero-order valence-corrected chi connectivity index (χ0v) is 15.0. The molecule has 0 heterocycles. The van der Waals surface area contributed by atoms with Crippen LogP contribution >= 0.6 is 15.9 Å². The number of nitrogens with two attached hydrogens (primary N) is 1. The molecule has 0 saturated heterocycles. The molecule has 3 heteroatoms. The third kappa shape index (κ3) is 5.00. The third-order valence-corrected chi connectivity index (χ3v) is 5.34. The van der Waals surface area contributed by atoms with Crippen molar-refractivity contribution in [1.29, 1.82) is 0 Å². The zero-order valence-electron chi connectivity index (χ0n) is 13.4. The van der Waals surface area contributed by atoms with E-state index in [1.165, 1.54) is 54.4 Å². The van der Waals surface area contributed by atoms with Crippen LogP contribution in [0.3, 0.4) is 0 Å². The van der Waals surface area contributed by atoms with Crippen molar-refractivity contribution in [1.82, 2.24) is 0 Å². The molecular weight excluding hydrogens is 324 g/mol. The molecule has 0 bridgehead atoms. The minimum absolute atomic E-state index is 0.266. The molecule has 1 saturated carbocycles. The van der Waals surface area contributed by atoms with E-state index in [2.05, 4.69) is 53.0 Å². The van der Waals surface area contributed by atoms with Gasteiger partial charge in [0.1, 0.15) is 0 Å². The second kappa shape index (κ2) is 8.19. The lowest BCUT2D eigenvalue weighted by molar-refractivity contribution is 0.362. The molecule has 0 radical (unpaired) electrons. The van der Waals surface area contributed by atoms with Gasteiger partial charge in [0, 0.05) is 24.1 Å². The largest absolute Gasteiger partial charge is 0.373 e. The first-order chi connectivity index (χ1) is 10.1. The molecule has 0 aromatic heterocycles. The molecule has 0 aliphatic heterocycles. The van der Waals surface area contributed by atoms with E-state index in [4.69, 9.17) is 5.73 Å². The lowest BCUT2D eigenvalue weighted by Crippen LogP contribution is -2.27. The van der Waals surface area contributed by atoms with E-state index in [0.29, 0.717) is 0 Å². The van der Waals surface area contributed by atoms with Gasteiger partial charge in [-0.1, -0.05) is 32.3 Å². The number of halogens is 1. The maximum Gasteiger partial charge on any atom is 0.0508 e. The fraction of sp³-hybridized carbons (Fsp3) is 0.667. The number of hydrogen-bond acceptors (Lipinski definition) is 2. The van der Waals surface area contributed by atoms with Gasteiger partial charge in [-0.3, -0.25) is 0 Å². The second-order valence-corrected chi connectivity index (χ2v) is 7.40. The first kappa shape index (κ1) is 16.8. The Labute approximate surface area is 138 Å². The fourth-order valence-electron chi connectivity index (χ4n) is 3.29. The highest BCUT2D eigenvalue weighted by atomic mass is 79.9. The van der Waals surface area contributed by atoms with Gasteiger partial charge < -0.3 is 10.6 Å². The maximum absolute atomic E-state index is 6.05. The summed E-state index contributed by atoms with van der Waals surface area (Å²) in [6.07, 6.45) is 9.02. The summed E-state index contributed by atoms with van der Waals surface area (Å²) in [5, 5.41) is 0. The number of anilines is 1. The number of hydrogen-bond donors (Lipinski definition) is 1. The van der Waals surface area contributed by atoms with Crippen LogP contribution in [0.15, 0.2) is 22.7 Å². The Morgan fingerprint density at radius 3 is 2.62 bits per heavy atom. The Morgan fingerprint density at radius 2 is 2.00 bits per heavy atom. The van der Waals surface area contributed by atoms with Crippen molar-refractivity contribution < 1.29 is 0 Å². The molecule has 2 nitrogen and oxygen atoms in total. The molecule has 1 aliphatic carbocycles. The van der Waals surface area contributed by atoms with Crippen molar-refractivity contribution in [3.63, 3.8) is 0 Å². The molecular formula is C18H29BrN2. The van der Waals surface area contributed by atoms with Gasteiger partial charge in [0.05, 0.1) is 5.69 Å². The van der Waals surface area contributed by atoms with Crippen LogP contribution in [0, 0.1) is 5.92 Å². The van der Waals surface area contributed by atoms with Crippen LogP contribution in [-0.4, -0.2) is 19.6 Å². The average molecular weight is 353 g/mol. The highest BCUT2D eigenvalue weighted by molar-refractivity contribution is 9.10. The Kier molecular flexibility index (Phi) is 6.56. The fourth-order valence-corrected chi connectivity index (χ4v) is 4.02. The minimum Gasteiger partial charge on any atom is -0.373 e. The van der Waals surface area contributed by atoms with Crippen LogP contribution in [0.25, 0.3) is 0 Å². The SMILES string of the molecule is CCC(N)Cc1ccc(N(C)CC2CCCCC2)c(Br)c1. The van der Waals surface area contributed by atoms with Crippen molar-refractivity contribution in [2.45, 2.75) is 57.9 Å². The number of benzene rings is 1. The summed E-state index contributed by atoms with van der Waals surface area (Å²) >= 11 is 3.74. The quantitative estimate of drug-likeness (QED) is 0.800. The topological polar surface area (TPSA) is 29.3 Å². The van der Waals surface area contributed by atoms with E-state index in [-0.39, 0.29) is 6.04 Å². The molecule has 1 aromatic rings. The molecule has 118 valence electrons. The molecule has 21 heavy (non-hydrogen) atoms. The lowest BCUT2D eigenvalue weighted by Gasteiger charge is -2.29. The van der Waals surface area contributed by atoms with E-state index in [9.17, 15) is 0 Å². The molecule has 1 aromatic carbocycles. The summed E-state index contributed by atoms with van der Waals surface area (Å²) in [4.78, 5) is 2.41. The smallest absolute Gasteiger partial charge is 0.0508 e. The Hall–Kier alpha value is -0.540. The van der Waals surface area contributed by atoms with Crippen LogP contribution < -0.4 is 10.6 Å². The maximum atomic E-state index is 6.05. The molecule has 1 unspecified atom stereocenters. The number of nitrogens with zero attached hydrogens (tertiary/aromatic N) is 1. The van der Waals surface area contributed by atoms with E-state index in [0.717, 1.165) is 18.8 Å². The Morgan fingerprint density at radius 1 is 1.29 bits per heavy atom. The van der Waals surface area contributed by atoms with Gasteiger partial charge in [-0.05, 0) is 65.2 Å². The summed E-state index contributed by atoms with van der Waals surface area (Å²) in [6.45, 7) is 3.32. The van der Waals surface area contributed by atoms with E-state index in [1.807, 2.05) is 0 Å². The summed E-state index contributed by atoms with van der Waals surface area (Å²) in [5.74, 6) is 0.865. The van der Waals surface area contributed by atoms with Crippen LogP contribution in [0.4, 0.5) is 5.69 Å². The van der Waals surface area contributed by atoms with Crippen molar-refractivity contribution in [3.8, 4) is 0 Å². The Balaban J connectivity index is 1.98. The van der Waals surface area contributed by atoms with Crippen molar-refractivity contribution >= 4 is 21.6 Å². The van der Waals surface area contributed by atoms with Crippen molar-refractivity contribution in [2.75, 3.05) is 18.5 Å². The molecule has 1 aliphatic rings. The second-order valence-electron chi connectivity index (χ2n) is 6.54. The molecule has 2 rings (SSSR count). The summed E-state index contributed by atoms with van der Waals surface area (Å²) in [5.41, 5.74) is 8.68. The summed E-state index contributed by atoms with van der Waals surface area (Å²) < 4.78 is 1.20. The predicted octanol–water partition coefficient (Wildman–Crippen LogP) is 4.75. The molecule has 2 N–H and O–H groups in total. The van der Waals surface area contributed by atoms with Crippen molar-refractivity contribution in [2.24, 2.45) is 11.7 Å². The van der Waals surface area contributed by atoms with Crippen LogP contribution in [-0.2, 0) is 6.42 Å². The predicted molar refractivity (Wildman–Crippen MR) is 96.0 cm³/mol. The third-order valence-electron chi connectivity index (χ3n) is 4.70. The normalized spacial score (nSPS) is 17.7. The van der Waals surface area contributed by atoms with Gasteiger partial charge in [-0.2, -0.15) is 0 Å². The first-order valence-corrected chi connectivity index (χ1v) is 9.14. The minimum atomic E-state index is 0.266. The van der Waals surface area contributed by atoms with Crippen LogP contribution in [0.1, 0.15) is 51.0 Å². The average Bonchev–Trinajstić information content (AvgIpc) is 2.48. The van der Waals surface area contributed by atoms with Crippen molar-refractivity contribution in [3.05, 3.63) is 28.2 Å². The van der Waals surface area contributed by atoms with Crippen LogP contribution in [0.5, 0.6) is 0 Å². The Bertz CT molecular complexity index is 441. The van der Waals surface area contributed by atoms with E-state index < -0.39 is 0 Å². The van der Waals surface area contributed by atoms with Gasteiger partial charge >= 0.3 is 0 Å². The van der Waals surface area contributed by atoms with Gasteiger partial charge in [-0.15, -0.1) is 0 Å². The van der Waals surface area contributed by atoms with E-state index in [1.54, 1.807) is 0 Å².